The maximum atomic E-state index is 13.1. The molecule has 0 saturated heterocycles. The number of nitro groups is 1. The van der Waals surface area contributed by atoms with E-state index in [1.54, 1.807) is 24.3 Å². The van der Waals surface area contributed by atoms with Gasteiger partial charge in [0, 0.05) is 10.9 Å². The summed E-state index contributed by atoms with van der Waals surface area (Å²) in [5.74, 6) is -1.48. The van der Waals surface area contributed by atoms with E-state index in [2.05, 4.69) is 10.9 Å². The molecule has 1 aliphatic rings. The van der Waals surface area contributed by atoms with Crippen LogP contribution in [0, 0.1) is 15.9 Å². The van der Waals surface area contributed by atoms with Crippen molar-refractivity contribution in [2.24, 2.45) is 0 Å². The van der Waals surface area contributed by atoms with E-state index in [0.29, 0.717) is 0 Å². The third-order valence-electron chi connectivity index (χ3n) is 4.35. The number of hydrazine groups is 1. The van der Waals surface area contributed by atoms with Crippen molar-refractivity contribution in [3.8, 4) is 21.9 Å². The Morgan fingerprint density at radius 1 is 0.968 bits per heavy atom. The number of hydrogen-bond acceptors (Lipinski definition) is 7. The number of benzene rings is 2. The standard InChI is InChI=1S/C20H14FN3O6S/c21-12-3-1-11(2-4-12)17-5-6-18(31-17)20(26)23-22-19(25)13-9-15-16(30-8-7-29-15)10-14(13)24(27)28/h1-6,9-10H,7-8H2,(H,22,25)(H,23,26). The Balaban J connectivity index is 1.47. The molecule has 2 aromatic carbocycles. The van der Waals surface area contributed by atoms with E-state index in [1.165, 1.54) is 18.2 Å². The number of nitrogens with one attached hydrogen (secondary N) is 2. The molecule has 0 unspecified atom stereocenters. The highest BCUT2D eigenvalue weighted by atomic mass is 32.1. The maximum Gasteiger partial charge on any atom is 0.286 e. The van der Waals surface area contributed by atoms with Gasteiger partial charge in [-0.05, 0) is 29.8 Å². The largest absolute Gasteiger partial charge is 0.486 e. The zero-order valence-corrected chi connectivity index (χ0v) is 16.5. The zero-order valence-electron chi connectivity index (χ0n) is 15.7. The van der Waals surface area contributed by atoms with Gasteiger partial charge in [0.1, 0.15) is 24.6 Å². The molecule has 2 amide bonds. The molecular weight excluding hydrogens is 429 g/mol. The Kier molecular flexibility index (Phi) is 5.50. The van der Waals surface area contributed by atoms with Crippen LogP contribution >= 0.6 is 11.3 Å². The van der Waals surface area contributed by atoms with Crippen molar-refractivity contribution in [2.75, 3.05) is 13.2 Å². The Morgan fingerprint density at radius 3 is 2.29 bits per heavy atom. The average molecular weight is 443 g/mol. The van der Waals surface area contributed by atoms with E-state index >= 15 is 0 Å². The first kappa shape index (κ1) is 20.3. The summed E-state index contributed by atoms with van der Waals surface area (Å²) in [6, 6.07) is 11.4. The van der Waals surface area contributed by atoms with E-state index in [9.17, 15) is 24.1 Å². The molecule has 1 aliphatic heterocycles. The van der Waals surface area contributed by atoms with Crippen LogP contribution in [0.2, 0.25) is 0 Å². The monoisotopic (exact) mass is 443 g/mol. The van der Waals surface area contributed by atoms with Crippen LogP contribution in [0.4, 0.5) is 10.1 Å². The number of halogens is 1. The Labute approximate surface area is 178 Å². The van der Waals surface area contributed by atoms with Gasteiger partial charge in [0.25, 0.3) is 17.5 Å². The topological polar surface area (TPSA) is 120 Å². The van der Waals surface area contributed by atoms with Crippen molar-refractivity contribution < 1.29 is 28.4 Å². The smallest absolute Gasteiger partial charge is 0.286 e. The fourth-order valence-electron chi connectivity index (χ4n) is 2.88. The van der Waals surface area contributed by atoms with Gasteiger partial charge in [0.15, 0.2) is 11.5 Å². The van der Waals surface area contributed by atoms with E-state index in [-0.39, 0.29) is 41.0 Å². The number of carbonyl (C=O) groups excluding carboxylic acids is 2. The molecular formula is C20H14FN3O6S. The number of ether oxygens (including phenoxy) is 2. The lowest BCUT2D eigenvalue weighted by Crippen LogP contribution is -2.41. The Morgan fingerprint density at radius 2 is 1.61 bits per heavy atom. The van der Waals surface area contributed by atoms with Crippen molar-refractivity contribution >= 4 is 28.8 Å². The van der Waals surface area contributed by atoms with Crippen LogP contribution in [0.15, 0.2) is 48.5 Å². The molecule has 9 nitrogen and oxygen atoms in total. The predicted octanol–water partition coefficient (Wildman–Crippen LogP) is 3.31. The first-order valence-electron chi connectivity index (χ1n) is 8.97. The van der Waals surface area contributed by atoms with Crippen molar-refractivity contribution in [3.63, 3.8) is 0 Å². The molecule has 0 atom stereocenters. The van der Waals surface area contributed by atoms with Crippen LogP contribution < -0.4 is 20.3 Å². The second-order valence-electron chi connectivity index (χ2n) is 6.35. The van der Waals surface area contributed by atoms with Crippen molar-refractivity contribution in [3.05, 3.63) is 74.9 Å². The van der Waals surface area contributed by atoms with Crippen molar-refractivity contribution in [1.29, 1.82) is 0 Å². The molecule has 0 fully saturated rings. The first-order chi connectivity index (χ1) is 14.9. The lowest BCUT2D eigenvalue weighted by atomic mass is 10.1. The lowest BCUT2D eigenvalue weighted by molar-refractivity contribution is -0.385. The Hall–Kier alpha value is -3.99. The van der Waals surface area contributed by atoms with Gasteiger partial charge in [-0.25, -0.2) is 4.39 Å². The molecule has 0 saturated carbocycles. The van der Waals surface area contributed by atoms with Crippen LogP contribution in [0.5, 0.6) is 11.5 Å². The minimum absolute atomic E-state index is 0.172. The van der Waals surface area contributed by atoms with Gasteiger partial charge in [-0.2, -0.15) is 0 Å². The molecule has 0 aliphatic carbocycles. The average Bonchev–Trinajstić information content (AvgIpc) is 3.27. The summed E-state index contributed by atoms with van der Waals surface area (Å²) in [5, 5.41) is 11.4. The third kappa shape index (κ3) is 4.31. The van der Waals surface area contributed by atoms with Crippen LogP contribution in [-0.4, -0.2) is 30.0 Å². The molecule has 3 aromatic rings. The van der Waals surface area contributed by atoms with E-state index in [1.807, 2.05) is 0 Å². The van der Waals surface area contributed by atoms with Crippen molar-refractivity contribution in [2.45, 2.75) is 0 Å². The summed E-state index contributed by atoms with van der Waals surface area (Å²) >= 11 is 1.14. The minimum Gasteiger partial charge on any atom is -0.486 e. The Bertz CT molecular complexity index is 1180. The van der Waals surface area contributed by atoms with Gasteiger partial charge in [-0.15, -0.1) is 11.3 Å². The van der Waals surface area contributed by atoms with Crippen LogP contribution in [-0.2, 0) is 0 Å². The number of thiophene rings is 1. The number of amides is 2. The normalized spacial score (nSPS) is 12.2. The summed E-state index contributed by atoms with van der Waals surface area (Å²) in [6.45, 7) is 0.490. The highest BCUT2D eigenvalue weighted by Gasteiger charge is 2.26. The fraction of sp³-hybridized carbons (Fsp3) is 0.100. The second kappa shape index (κ2) is 8.40. The van der Waals surface area contributed by atoms with Crippen LogP contribution in [0.3, 0.4) is 0 Å². The summed E-state index contributed by atoms with van der Waals surface area (Å²) in [4.78, 5) is 36.5. The number of carbonyl (C=O) groups is 2. The predicted molar refractivity (Wildman–Crippen MR) is 109 cm³/mol. The van der Waals surface area contributed by atoms with Gasteiger partial charge in [0.05, 0.1) is 15.9 Å². The zero-order chi connectivity index (χ0) is 22.0. The fourth-order valence-corrected chi connectivity index (χ4v) is 3.79. The number of hydrogen-bond donors (Lipinski definition) is 2. The molecule has 11 heteroatoms. The van der Waals surface area contributed by atoms with Gasteiger partial charge < -0.3 is 9.47 Å². The number of nitrogens with zero attached hydrogens (tertiary/aromatic N) is 1. The summed E-state index contributed by atoms with van der Waals surface area (Å²) < 4.78 is 23.7. The summed E-state index contributed by atoms with van der Waals surface area (Å²) in [6.07, 6.45) is 0. The molecule has 0 bridgehead atoms. The van der Waals surface area contributed by atoms with Crippen molar-refractivity contribution in [1.82, 2.24) is 10.9 Å². The van der Waals surface area contributed by atoms with Crippen LogP contribution in [0.25, 0.3) is 10.4 Å². The lowest BCUT2D eigenvalue weighted by Gasteiger charge is -2.18. The molecule has 0 spiro atoms. The van der Waals surface area contributed by atoms with E-state index in [4.69, 9.17) is 9.47 Å². The highest BCUT2D eigenvalue weighted by molar-refractivity contribution is 7.17. The van der Waals surface area contributed by atoms with Gasteiger partial charge in [-0.1, -0.05) is 12.1 Å². The molecule has 158 valence electrons. The highest BCUT2D eigenvalue weighted by Crippen LogP contribution is 2.36. The van der Waals surface area contributed by atoms with E-state index in [0.717, 1.165) is 27.8 Å². The molecule has 4 rings (SSSR count). The number of rotatable bonds is 4. The SMILES string of the molecule is O=C(NNC(=O)c1cc2c(cc1[N+](=O)[O-])OCCO2)c1ccc(-c2ccc(F)cc2)s1. The summed E-state index contributed by atoms with van der Waals surface area (Å²) in [7, 11) is 0. The third-order valence-corrected chi connectivity index (χ3v) is 5.48. The quantitative estimate of drug-likeness (QED) is 0.472. The number of nitro benzene ring substituents is 1. The van der Waals surface area contributed by atoms with E-state index < -0.39 is 22.4 Å². The molecule has 31 heavy (non-hydrogen) atoms. The van der Waals surface area contributed by atoms with Gasteiger partial charge in [-0.3, -0.25) is 30.6 Å². The molecule has 0 radical (unpaired) electrons. The molecule has 1 aromatic heterocycles. The van der Waals surface area contributed by atoms with Crippen LogP contribution in [0.1, 0.15) is 20.0 Å². The minimum atomic E-state index is -0.882. The number of fused-ring (bicyclic) bond motifs is 1. The molecule has 2 N–H and O–H groups in total. The van der Waals surface area contributed by atoms with Gasteiger partial charge in [0.2, 0.25) is 0 Å². The maximum absolute atomic E-state index is 13.1. The first-order valence-corrected chi connectivity index (χ1v) is 9.78. The summed E-state index contributed by atoms with van der Waals surface area (Å²) in [5.41, 5.74) is 4.38. The van der Waals surface area contributed by atoms with Gasteiger partial charge >= 0.3 is 0 Å². The molecule has 2 heterocycles. The second-order valence-corrected chi connectivity index (χ2v) is 7.43.